The van der Waals surface area contributed by atoms with Crippen molar-refractivity contribution >= 4 is 22.1 Å². The Hall–Kier alpha value is 0.590. The Morgan fingerprint density at radius 2 is 1.03 bits per heavy atom. The van der Waals surface area contributed by atoms with Crippen molar-refractivity contribution in [1.82, 2.24) is 0 Å². The van der Waals surface area contributed by atoms with Crippen LogP contribution in [0.5, 0.6) is 0 Å². The minimum absolute atomic E-state index is 0. The fourth-order valence-corrected chi connectivity index (χ4v) is 3.48. The van der Waals surface area contributed by atoms with Gasteiger partial charge in [0.2, 0.25) is 0 Å². The van der Waals surface area contributed by atoms with Gasteiger partial charge < -0.3 is 19.8 Å². The van der Waals surface area contributed by atoms with Crippen LogP contribution in [0.1, 0.15) is 90.4 Å². The first-order chi connectivity index (χ1) is 12.7. The number of rotatable bonds is 17. The van der Waals surface area contributed by atoms with Crippen LogP contribution in [0.2, 0.25) is 0 Å². The molecule has 0 aromatic heterocycles. The van der Waals surface area contributed by atoms with Crippen LogP contribution in [0, 0.1) is 0 Å². The molecule has 10 heteroatoms. The summed E-state index contributed by atoms with van der Waals surface area (Å²) in [6, 6.07) is 0. The van der Waals surface area contributed by atoms with E-state index in [1.807, 2.05) is 0 Å². The molecule has 0 saturated heterocycles. The van der Waals surface area contributed by atoms with Gasteiger partial charge in [-0.25, -0.2) is 0 Å². The summed E-state index contributed by atoms with van der Waals surface area (Å²) in [5, 5.41) is 22.5. The van der Waals surface area contributed by atoms with Gasteiger partial charge in [-0.15, -0.1) is 0 Å². The number of carboxylic acid groups (broad SMARTS) is 2. The Morgan fingerprint density at radius 1 is 0.690 bits per heavy atom. The Morgan fingerprint density at radius 3 is 1.38 bits per heavy atom. The predicted octanol–water partition coefficient (Wildman–Crippen LogP) is -4.23. The molecule has 0 amide bonds. The van der Waals surface area contributed by atoms with Crippen molar-refractivity contribution in [3.63, 3.8) is 0 Å². The summed E-state index contributed by atoms with van der Waals surface area (Å²) >= 11 is 0. The summed E-state index contributed by atoms with van der Waals surface area (Å²) in [5.74, 6) is -3.85. The molecule has 0 saturated carbocycles. The maximum atomic E-state index is 11.3. The van der Waals surface area contributed by atoms with Crippen LogP contribution in [-0.2, 0) is 19.7 Å². The first-order valence-corrected chi connectivity index (χ1v) is 11.4. The molecule has 29 heavy (non-hydrogen) atoms. The smallest absolute Gasteiger partial charge is 0.545 e. The minimum atomic E-state index is -4.23. The van der Waals surface area contributed by atoms with Gasteiger partial charge in [-0.3, -0.25) is 4.55 Å². The van der Waals surface area contributed by atoms with Crippen molar-refractivity contribution in [2.45, 2.75) is 90.4 Å². The molecule has 1 N–H and O–H groups in total. The number of carbonyl (C=O) groups excluding carboxylic acids is 2. The summed E-state index contributed by atoms with van der Waals surface area (Å²) in [7, 11) is -4.23. The van der Waals surface area contributed by atoms with Crippen LogP contribution in [0.25, 0.3) is 0 Å². The second-order valence-corrected chi connectivity index (χ2v) is 8.43. The average Bonchev–Trinajstić information content (AvgIpc) is 2.56. The molecule has 0 rings (SSSR count). The van der Waals surface area contributed by atoms with Gasteiger partial charge in [0, 0.05) is 0 Å². The fraction of sp³-hybridized carbons (Fsp3) is 0.789. The normalized spacial score (nSPS) is 11.8. The Kier molecular flexibility index (Phi) is 24.2. The van der Waals surface area contributed by atoms with Gasteiger partial charge in [0.25, 0.3) is 10.1 Å². The molecule has 0 radical (unpaired) electrons. The van der Waals surface area contributed by atoms with E-state index in [0.717, 1.165) is 25.7 Å². The standard InChI is InChI=1S/C19H34O7S.2Na/c1-2-3-4-5-6-7-8-9-10-11-13-16(18(20)21)17(19(22)23)14-12-15-27(24,25)26;;/h2-15H2,1H3,(H,20,21)(H,22,23)(H,24,25,26);;/q;2*+1/p-2. The number of aliphatic carboxylic acids is 2. The SMILES string of the molecule is CCCCCCCCCCCCC(C(=O)[O-])=C(CCCS(=O)(=O)O)C(=O)[O-].[Na+].[Na+]. The molecule has 0 aliphatic rings. The molecule has 0 fully saturated rings. The minimum Gasteiger partial charge on any atom is -0.545 e. The van der Waals surface area contributed by atoms with E-state index in [9.17, 15) is 28.2 Å². The van der Waals surface area contributed by atoms with E-state index < -0.39 is 33.4 Å². The van der Waals surface area contributed by atoms with Gasteiger partial charge in [-0.1, -0.05) is 64.7 Å². The third kappa shape index (κ3) is 20.3. The molecule has 0 bridgehead atoms. The third-order valence-corrected chi connectivity index (χ3v) is 5.27. The molecule has 0 aliphatic heterocycles. The predicted molar refractivity (Wildman–Crippen MR) is 99.2 cm³/mol. The zero-order valence-corrected chi connectivity index (χ0v) is 23.0. The van der Waals surface area contributed by atoms with E-state index in [2.05, 4.69) is 6.92 Å². The molecule has 0 aliphatic carbocycles. The summed E-state index contributed by atoms with van der Waals surface area (Å²) in [6.07, 6.45) is 10.2. The number of carboxylic acids is 2. The fourth-order valence-electron chi connectivity index (χ4n) is 2.97. The van der Waals surface area contributed by atoms with Crippen LogP contribution in [0.3, 0.4) is 0 Å². The average molecular weight is 451 g/mol. The van der Waals surface area contributed by atoms with E-state index in [1.54, 1.807) is 0 Å². The van der Waals surface area contributed by atoms with Gasteiger partial charge in [0.15, 0.2) is 0 Å². The Balaban J connectivity index is -0.00000338. The largest absolute Gasteiger partial charge is 1.00 e. The molecule has 158 valence electrons. The third-order valence-electron chi connectivity index (χ3n) is 4.47. The zero-order valence-electron chi connectivity index (χ0n) is 18.2. The van der Waals surface area contributed by atoms with Gasteiger partial charge in [-0.2, -0.15) is 8.42 Å². The van der Waals surface area contributed by atoms with E-state index in [0.29, 0.717) is 6.42 Å². The van der Waals surface area contributed by atoms with Crippen LogP contribution >= 0.6 is 0 Å². The van der Waals surface area contributed by atoms with Crippen molar-refractivity contribution in [3.8, 4) is 0 Å². The quantitative estimate of drug-likeness (QED) is 0.103. The second-order valence-electron chi connectivity index (χ2n) is 6.85. The number of carbonyl (C=O) groups is 2. The molecule has 7 nitrogen and oxygen atoms in total. The van der Waals surface area contributed by atoms with Crippen molar-refractivity contribution in [2.24, 2.45) is 0 Å². The monoisotopic (exact) mass is 450 g/mol. The molecular weight excluding hydrogens is 418 g/mol. The van der Waals surface area contributed by atoms with Crippen molar-refractivity contribution in [1.29, 1.82) is 0 Å². The van der Waals surface area contributed by atoms with Crippen molar-refractivity contribution in [3.05, 3.63) is 11.1 Å². The van der Waals surface area contributed by atoms with Crippen LogP contribution in [0.15, 0.2) is 11.1 Å². The Labute approximate surface area is 219 Å². The maximum absolute atomic E-state index is 11.3. The maximum Gasteiger partial charge on any atom is 1.00 e. The summed E-state index contributed by atoms with van der Waals surface area (Å²) in [6.45, 7) is 2.18. The van der Waals surface area contributed by atoms with Gasteiger partial charge in [0.1, 0.15) is 0 Å². The Bertz CT molecular complexity index is 589. The summed E-state index contributed by atoms with van der Waals surface area (Å²) in [5.41, 5.74) is -0.792. The molecule has 0 aromatic rings. The first-order valence-electron chi connectivity index (χ1n) is 9.79. The first kappa shape index (κ1) is 34.2. The summed E-state index contributed by atoms with van der Waals surface area (Å²) < 4.78 is 30.1. The molecular formula is C19H32Na2O7S. The molecule has 0 heterocycles. The van der Waals surface area contributed by atoms with E-state index >= 15 is 0 Å². The van der Waals surface area contributed by atoms with Crippen LogP contribution < -0.4 is 69.3 Å². The molecule has 0 aromatic carbocycles. The van der Waals surface area contributed by atoms with Crippen LogP contribution in [-0.4, -0.2) is 30.7 Å². The zero-order chi connectivity index (χ0) is 20.7. The van der Waals surface area contributed by atoms with Crippen molar-refractivity contribution in [2.75, 3.05) is 5.75 Å². The van der Waals surface area contributed by atoms with E-state index in [-0.39, 0.29) is 84.0 Å². The van der Waals surface area contributed by atoms with Gasteiger partial charge >= 0.3 is 59.1 Å². The number of hydrogen-bond donors (Lipinski definition) is 1. The number of hydrogen-bond acceptors (Lipinski definition) is 6. The van der Waals surface area contributed by atoms with E-state index in [1.165, 1.54) is 32.1 Å². The van der Waals surface area contributed by atoms with Gasteiger partial charge in [-0.05, 0) is 36.8 Å². The molecule has 0 unspecified atom stereocenters. The van der Waals surface area contributed by atoms with Crippen molar-refractivity contribution < 1.29 is 91.9 Å². The molecule has 0 atom stereocenters. The second kappa shape index (κ2) is 20.5. The topological polar surface area (TPSA) is 135 Å². The molecule has 0 spiro atoms. The summed E-state index contributed by atoms with van der Waals surface area (Å²) in [4.78, 5) is 22.5. The van der Waals surface area contributed by atoms with E-state index in [4.69, 9.17) is 4.55 Å². The van der Waals surface area contributed by atoms with Crippen LogP contribution in [0.4, 0.5) is 0 Å². The number of unbranched alkanes of at least 4 members (excludes halogenated alkanes) is 9. The van der Waals surface area contributed by atoms with Gasteiger partial charge in [0.05, 0.1) is 17.7 Å².